The average molecular weight is 224 g/mol. The highest BCUT2D eigenvalue weighted by Crippen LogP contribution is 2.33. The zero-order valence-electron chi connectivity index (χ0n) is 10.5. The first-order valence-corrected chi connectivity index (χ1v) is 6.59. The first-order chi connectivity index (χ1) is 7.53. The smallest absolute Gasteiger partial charge is 0.242 e. The Morgan fingerprint density at radius 3 is 2.50 bits per heavy atom. The quantitative estimate of drug-likeness (QED) is 0.778. The van der Waals surface area contributed by atoms with Crippen LogP contribution in [0.1, 0.15) is 51.9 Å². The van der Waals surface area contributed by atoms with E-state index in [1.165, 1.54) is 12.8 Å². The van der Waals surface area contributed by atoms with Crippen LogP contribution in [-0.4, -0.2) is 29.4 Å². The topological polar surface area (TPSA) is 46.3 Å². The Kier molecular flexibility index (Phi) is 3.24. The van der Waals surface area contributed by atoms with E-state index in [0.29, 0.717) is 12.0 Å². The second kappa shape index (κ2) is 4.36. The number of nitrogens with two attached hydrogens (primary N) is 1. The van der Waals surface area contributed by atoms with Crippen LogP contribution in [0.25, 0.3) is 0 Å². The Morgan fingerprint density at radius 2 is 2.00 bits per heavy atom. The molecule has 2 atom stereocenters. The number of rotatable bonds is 2. The van der Waals surface area contributed by atoms with Gasteiger partial charge in [-0.15, -0.1) is 0 Å². The van der Waals surface area contributed by atoms with Gasteiger partial charge in [-0.25, -0.2) is 0 Å². The van der Waals surface area contributed by atoms with Crippen LogP contribution in [0, 0.1) is 5.92 Å². The molecule has 0 bridgehead atoms. The van der Waals surface area contributed by atoms with Gasteiger partial charge in [-0.05, 0) is 38.0 Å². The lowest BCUT2D eigenvalue weighted by Gasteiger charge is -2.42. The lowest BCUT2D eigenvalue weighted by atomic mass is 9.75. The molecule has 3 heteroatoms. The maximum Gasteiger partial charge on any atom is 0.242 e. The average Bonchev–Trinajstić information content (AvgIpc) is 2.13. The van der Waals surface area contributed by atoms with Crippen molar-refractivity contribution in [3.8, 4) is 0 Å². The van der Waals surface area contributed by atoms with Gasteiger partial charge in [0.25, 0.3) is 0 Å². The van der Waals surface area contributed by atoms with E-state index >= 15 is 0 Å². The Balaban J connectivity index is 2.01. The van der Waals surface area contributed by atoms with Crippen LogP contribution in [0.3, 0.4) is 0 Å². The lowest BCUT2D eigenvalue weighted by molar-refractivity contribution is -0.141. The van der Waals surface area contributed by atoms with Crippen LogP contribution < -0.4 is 5.73 Å². The summed E-state index contributed by atoms with van der Waals surface area (Å²) in [5, 5.41) is 0. The second-order valence-electron chi connectivity index (χ2n) is 5.86. The van der Waals surface area contributed by atoms with E-state index in [-0.39, 0.29) is 5.91 Å². The summed E-state index contributed by atoms with van der Waals surface area (Å²) in [5.74, 6) is 0.779. The molecule has 2 unspecified atom stereocenters. The van der Waals surface area contributed by atoms with Crippen molar-refractivity contribution in [1.82, 2.24) is 4.90 Å². The minimum absolute atomic E-state index is 0.184. The second-order valence-corrected chi connectivity index (χ2v) is 5.86. The Hall–Kier alpha value is -0.570. The number of hydrogen-bond donors (Lipinski definition) is 1. The fourth-order valence-corrected chi connectivity index (χ4v) is 3.08. The zero-order valence-corrected chi connectivity index (χ0v) is 10.5. The molecule has 92 valence electrons. The summed E-state index contributed by atoms with van der Waals surface area (Å²) in [6.45, 7) is 2.21. The molecule has 0 aromatic heterocycles. The van der Waals surface area contributed by atoms with Gasteiger partial charge < -0.3 is 10.6 Å². The minimum atomic E-state index is -0.567. The van der Waals surface area contributed by atoms with Gasteiger partial charge in [-0.1, -0.05) is 19.8 Å². The van der Waals surface area contributed by atoms with Crippen LogP contribution in [0.4, 0.5) is 0 Å². The van der Waals surface area contributed by atoms with E-state index in [2.05, 4.69) is 6.92 Å². The number of likely N-dealkylation sites (N-methyl/N-ethyl adjacent to an activating group) is 1. The van der Waals surface area contributed by atoms with Crippen molar-refractivity contribution in [2.45, 2.75) is 63.5 Å². The van der Waals surface area contributed by atoms with E-state index in [9.17, 15) is 4.79 Å². The SMILES string of the molecule is CC1CCCC(N)(C(=O)N(C)C2CCC2)C1. The Morgan fingerprint density at radius 1 is 1.31 bits per heavy atom. The van der Waals surface area contributed by atoms with Gasteiger partial charge in [-0.2, -0.15) is 0 Å². The van der Waals surface area contributed by atoms with Gasteiger partial charge >= 0.3 is 0 Å². The molecule has 0 heterocycles. The fourth-order valence-electron chi connectivity index (χ4n) is 3.08. The summed E-state index contributed by atoms with van der Waals surface area (Å²) in [5.41, 5.74) is 5.75. The maximum atomic E-state index is 12.4. The number of amides is 1. The fraction of sp³-hybridized carbons (Fsp3) is 0.923. The van der Waals surface area contributed by atoms with Crippen LogP contribution in [-0.2, 0) is 4.79 Å². The molecule has 1 amide bonds. The summed E-state index contributed by atoms with van der Waals surface area (Å²) in [7, 11) is 1.93. The number of hydrogen-bond acceptors (Lipinski definition) is 2. The van der Waals surface area contributed by atoms with Crippen molar-refractivity contribution in [1.29, 1.82) is 0 Å². The highest BCUT2D eigenvalue weighted by Gasteiger charge is 2.41. The third kappa shape index (κ3) is 2.10. The van der Waals surface area contributed by atoms with Crippen LogP contribution in [0.5, 0.6) is 0 Å². The van der Waals surface area contributed by atoms with Crippen molar-refractivity contribution in [2.24, 2.45) is 11.7 Å². The van der Waals surface area contributed by atoms with Crippen LogP contribution in [0.15, 0.2) is 0 Å². The maximum absolute atomic E-state index is 12.4. The number of carbonyl (C=O) groups is 1. The van der Waals surface area contributed by atoms with Crippen molar-refractivity contribution >= 4 is 5.91 Å². The van der Waals surface area contributed by atoms with Crippen LogP contribution in [0.2, 0.25) is 0 Å². The lowest BCUT2D eigenvalue weighted by Crippen LogP contribution is -2.59. The molecule has 2 aliphatic rings. The molecule has 0 aromatic carbocycles. The highest BCUT2D eigenvalue weighted by molar-refractivity contribution is 5.86. The molecule has 0 aliphatic heterocycles. The van der Waals surface area contributed by atoms with E-state index in [4.69, 9.17) is 5.73 Å². The Labute approximate surface area is 98.4 Å². The van der Waals surface area contributed by atoms with Crippen molar-refractivity contribution in [3.63, 3.8) is 0 Å². The first-order valence-electron chi connectivity index (χ1n) is 6.59. The van der Waals surface area contributed by atoms with Crippen molar-refractivity contribution in [3.05, 3.63) is 0 Å². The molecule has 0 saturated heterocycles. The predicted octanol–water partition coefficient (Wildman–Crippen LogP) is 1.90. The highest BCUT2D eigenvalue weighted by atomic mass is 16.2. The summed E-state index contributed by atoms with van der Waals surface area (Å²) in [6.07, 6.45) is 7.63. The Bertz CT molecular complexity index is 275. The molecule has 2 saturated carbocycles. The molecule has 0 spiro atoms. The molecule has 2 aliphatic carbocycles. The van der Waals surface area contributed by atoms with E-state index in [0.717, 1.165) is 32.1 Å². The predicted molar refractivity (Wildman–Crippen MR) is 65.0 cm³/mol. The van der Waals surface area contributed by atoms with Gasteiger partial charge in [-0.3, -0.25) is 4.79 Å². The largest absolute Gasteiger partial charge is 0.341 e. The van der Waals surface area contributed by atoms with Gasteiger partial charge in [0, 0.05) is 13.1 Å². The molecule has 16 heavy (non-hydrogen) atoms. The summed E-state index contributed by atoms with van der Waals surface area (Å²) in [6, 6.07) is 0.463. The van der Waals surface area contributed by atoms with Gasteiger partial charge in [0.1, 0.15) is 0 Å². The van der Waals surface area contributed by atoms with Gasteiger partial charge in [0.2, 0.25) is 5.91 Å². The summed E-state index contributed by atoms with van der Waals surface area (Å²) in [4.78, 5) is 14.3. The number of nitrogens with zero attached hydrogens (tertiary/aromatic N) is 1. The standard InChI is InChI=1S/C13H24N2O/c1-10-5-4-8-13(14,9-10)12(16)15(2)11-6-3-7-11/h10-11H,3-9,14H2,1-2H3. The summed E-state index contributed by atoms with van der Waals surface area (Å²) >= 11 is 0. The molecule has 2 rings (SSSR count). The van der Waals surface area contributed by atoms with Gasteiger partial charge in [0.15, 0.2) is 0 Å². The molecular weight excluding hydrogens is 200 g/mol. The van der Waals surface area contributed by atoms with Crippen molar-refractivity contribution in [2.75, 3.05) is 7.05 Å². The molecule has 2 fully saturated rings. The van der Waals surface area contributed by atoms with E-state index in [1.54, 1.807) is 0 Å². The van der Waals surface area contributed by atoms with Crippen molar-refractivity contribution < 1.29 is 4.79 Å². The molecule has 0 radical (unpaired) electrons. The molecule has 0 aromatic rings. The third-order valence-electron chi connectivity index (χ3n) is 4.40. The van der Waals surface area contributed by atoms with E-state index < -0.39 is 5.54 Å². The van der Waals surface area contributed by atoms with E-state index in [1.807, 2.05) is 11.9 Å². The first kappa shape index (κ1) is 11.9. The molecular formula is C13H24N2O. The minimum Gasteiger partial charge on any atom is -0.341 e. The van der Waals surface area contributed by atoms with Crippen LogP contribution >= 0.6 is 0 Å². The normalized spacial score (nSPS) is 35.6. The summed E-state index contributed by atoms with van der Waals surface area (Å²) < 4.78 is 0. The molecule has 2 N–H and O–H groups in total. The number of carbonyl (C=O) groups excluding carboxylic acids is 1. The van der Waals surface area contributed by atoms with Gasteiger partial charge in [0.05, 0.1) is 5.54 Å². The molecule has 3 nitrogen and oxygen atoms in total. The zero-order chi connectivity index (χ0) is 11.8. The third-order valence-corrected chi connectivity index (χ3v) is 4.40. The monoisotopic (exact) mass is 224 g/mol.